The van der Waals surface area contributed by atoms with Gasteiger partial charge in [0.25, 0.3) is 0 Å². The van der Waals surface area contributed by atoms with Crippen LogP contribution < -0.4 is 5.32 Å². The van der Waals surface area contributed by atoms with Gasteiger partial charge in [-0.15, -0.1) is 0 Å². The van der Waals surface area contributed by atoms with Gasteiger partial charge in [0.05, 0.1) is 11.2 Å². The van der Waals surface area contributed by atoms with Crippen molar-refractivity contribution < 1.29 is 0 Å². The molecule has 2 N–H and O–H groups in total. The molecule has 3 aromatic heterocycles. The van der Waals surface area contributed by atoms with Crippen molar-refractivity contribution in [2.24, 2.45) is 0 Å². The molecule has 0 saturated carbocycles. The number of nitrogens with zero attached hydrogens (tertiary/aromatic N) is 3. The van der Waals surface area contributed by atoms with Crippen LogP contribution in [0.4, 0.5) is 11.5 Å². The number of allylic oxidation sites excluding steroid dienone is 2. The molecule has 0 bridgehead atoms. The topological polar surface area (TPSA) is 66.5 Å². The molecule has 0 fully saturated rings. The minimum atomic E-state index is 0.740. The molecular formula is C21H19N5. The Kier molecular flexibility index (Phi) is 3.63. The molecule has 5 nitrogen and oxygen atoms in total. The van der Waals surface area contributed by atoms with Crippen molar-refractivity contribution in [2.75, 3.05) is 5.32 Å². The first-order chi connectivity index (χ1) is 12.9. The standard InChI is InChI=1S/C21H19N5/c1-2-5-14(6-3-1)19-17-9-8-16(13-15(17)10-12-23-19)24-21-20-18(25-26-21)7-4-11-22-20/h4-5,7-13H,1-3,6H2,(H2,24,25,26). The van der Waals surface area contributed by atoms with E-state index < -0.39 is 0 Å². The minimum Gasteiger partial charge on any atom is -0.337 e. The van der Waals surface area contributed by atoms with E-state index in [0.29, 0.717) is 0 Å². The molecule has 5 heteroatoms. The molecule has 4 aromatic rings. The molecule has 5 rings (SSSR count). The second-order valence-corrected chi connectivity index (χ2v) is 6.67. The van der Waals surface area contributed by atoms with Gasteiger partial charge in [0.1, 0.15) is 5.52 Å². The highest BCUT2D eigenvalue weighted by Gasteiger charge is 2.12. The van der Waals surface area contributed by atoms with E-state index in [1.165, 1.54) is 29.2 Å². The van der Waals surface area contributed by atoms with Crippen LogP contribution in [0, 0.1) is 0 Å². The van der Waals surface area contributed by atoms with Gasteiger partial charge in [-0.2, -0.15) is 5.10 Å². The zero-order valence-electron chi connectivity index (χ0n) is 14.4. The number of hydrogen-bond donors (Lipinski definition) is 2. The van der Waals surface area contributed by atoms with Gasteiger partial charge < -0.3 is 5.32 Å². The molecule has 1 aliphatic rings. The summed E-state index contributed by atoms with van der Waals surface area (Å²) in [7, 11) is 0. The summed E-state index contributed by atoms with van der Waals surface area (Å²) in [5, 5.41) is 13.1. The number of anilines is 2. The summed E-state index contributed by atoms with van der Waals surface area (Å²) in [4.78, 5) is 9.06. The zero-order chi connectivity index (χ0) is 17.3. The van der Waals surface area contributed by atoms with E-state index in [1.807, 2.05) is 18.3 Å². The van der Waals surface area contributed by atoms with Crippen LogP contribution in [0.15, 0.2) is 54.9 Å². The van der Waals surface area contributed by atoms with Crippen LogP contribution in [0.3, 0.4) is 0 Å². The molecule has 0 amide bonds. The maximum absolute atomic E-state index is 4.66. The van der Waals surface area contributed by atoms with Gasteiger partial charge in [0.2, 0.25) is 0 Å². The van der Waals surface area contributed by atoms with Gasteiger partial charge in [0, 0.05) is 23.5 Å². The number of H-pyrrole nitrogens is 1. The molecule has 1 aliphatic carbocycles. The molecule has 0 spiro atoms. The van der Waals surface area contributed by atoms with Crippen LogP contribution in [0.25, 0.3) is 27.4 Å². The van der Waals surface area contributed by atoms with Gasteiger partial charge in [-0.05, 0) is 67.0 Å². The number of pyridine rings is 2. The van der Waals surface area contributed by atoms with Crippen LogP contribution in [0.2, 0.25) is 0 Å². The van der Waals surface area contributed by atoms with Crippen molar-refractivity contribution in [3.05, 3.63) is 60.6 Å². The van der Waals surface area contributed by atoms with Crippen LogP contribution in [-0.4, -0.2) is 20.2 Å². The molecular weight excluding hydrogens is 322 g/mol. The Hall–Kier alpha value is -3.21. The van der Waals surface area contributed by atoms with Gasteiger partial charge in [-0.25, -0.2) is 0 Å². The maximum Gasteiger partial charge on any atom is 0.178 e. The maximum atomic E-state index is 4.66. The number of fused-ring (bicyclic) bond motifs is 2. The van der Waals surface area contributed by atoms with Crippen molar-refractivity contribution >= 4 is 38.9 Å². The summed E-state index contributed by atoms with van der Waals surface area (Å²) in [6.07, 6.45) is 10.8. The van der Waals surface area contributed by atoms with Gasteiger partial charge in [-0.3, -0.25) is 15.1 Å². The smallest absolute Gasteiger partial charge is 0.178 e. The molecule has 0 unspecified atom stereocenters. The van der Waals surface area contributed by atoms with Crippen LogP contribution in [0.5, 0.6) is 0 Å². The number of benzene rings is 1. The van der Waals surface area contributed by atoms with E-state index in [4.69, 9.17) is 0 Å². The normalized spacial score (nSPS) is 14.5. The first-order valence-corrected chi connectivity index (χ1v) is 9.03. The van der Waals surface area contributed by atoms with E-state index in [0.717, 1.165) is 41.1 Å². The summed E-state index contributed by atoms with van der Waals surface area (Å²) < 4.78 is 0. The summed E-state index contributed by atoms with van der Waals surface area (Å²) in [5.41, 5.74) is 5.26. The molecule has 0 radical (unpaired) electrons. The second kappa shape index (κ2) is 6.26. The van der Waals surface area contributed by atoms with E-state index >= 15 is 0 Å². The fourth-order valence-corrected chi connectivity index (χ4v) is 3.64. The van der Waals surface area contributed by atoms with Gasteiger partial charge in [0.15, 0.2) is 5.82 Å². The number of nitrogens with one attached hydrogen (secondary N) is 2. The molecule has 3 heterocycles. The Bertz CT molecular complexity index is 1130. The van der Waals surface area contributed by atoms with Crippen LogP contribution >= 0.6 is 0 Å². The number of aromatic nitrogens is 4. The summed E-state index contributed by atoms with van der Waals surface area (Å²) in [6, 6.07) is 12.3. The fraction of sp³-hybridized carbons (Fsp3) is 0.190. The quantitative estimate of drug-likeness (QED) is 0.537. The Morgan fingerprint density at radius 2 is 2.00 bits per heavy atom. The molecule has 0 atom stereocenters. The van der Waals surface area contributed by atoms with E-state index in [9.17, 15) is 0 Å². The lowest BCUT2D eigenvalue weighted by molar-refractivity contribution is 0.740. The number of aromatic amines is 1. The third-order valence-electron chi connectivity index (χ3n) is 4.94. The summed E-state index contributed by atoms with van der Waals surface area (Å²) in [5.74, 6) is 0.740. The van der Waals surface area contributed by atoms with Crippen molar-refractivity contribution in [1.29, 1.82) is 0 Å². The first kappa shape index (κ1) is 15.1. The van der Waals surface area contributed by atoms with Gasteiger partial charge >= 0.3 is 0 Å². The molecule has 0 saturated heterocycles. The summed E-state index contributed by atoms with van der Waals surface area (Å²) >= 11 is 0. The Balaban J connectivity index is 1.53. The second-order valence-electron chi connectivity index (χ2n) is 6.67. The predicted octanol–water partition coefficient (Wildman–Crippen LogP) is 5.21. The lowest BCUT2D eigenvalue weighted by Crippen LogP contribution is -1.97. The van der Waals surface area contributed by atoms with Crippen LogP contribution in [-0.2, 0) is 0 Å². The molecule has 128 valence electrons. The van der Waals surface area contributed by atoms with Gasteiger partial charge in [-0.1, -0.05) is 12.1 Å². The molecule has 0 aliphatic heterocycles. The zero-order valence-corrected chi connectivity index (χ0v) is 14.4. The highest BCUT2D eigenvalue weighted by atomic mass is 15.2. The SMILES string of the molecule is C1=C(c2nccc3cc(Nc4n[nH]c5cccnc45)ccc23)CCCC1. The van der Waals surface area contributed by atoms with Crippen molar-refractivity contribution in [3.8, 4) is 0 Å². The van der Waals surface area contributed by atoms with E-state index in [1.54, 1.807) is 6.20 Å². The third kappa shape index (κ3) is 2.62. The monoisotopic (exact) mass is 341 g/mol. The Morgan fingerprint density at radius 1 is 1.00 bits per heavy atom. The Labute approximate surface area is 151 Å². The number of hydrogen-bond acceptors (Lipinski definition) is 4. The lowest BCUT2D eigenvalue weighted by atomic mass is 9.94. The average Bonchev–Trinajstić information content (AvgIpc) is 3.11. The minimum absolute atomic E-state index is 0.740. The first-order valence-electron chi connectivity index (χ1n) is 9.03. The van der Waals surface area contributed by atoms with Crippen molar-refractivity contribution in [1.82, 2.24) is 20.2 Å². The van der Waals surface area contributed by atoms with E-state index in [-0.39, 0.29) is 0 Å². The van der Waals surface area contributed by atoms with Crippen LogP contribution in [0.1, 0.15) is 31.4 Å². The lowest BCUT2D eigenvalue weighted by Gasteiger charge is -2.14. The fourth-order valence-electron chi connectivity index (χ4n) is 3.64. The highest BCUT2D eigenvalue weighted by Crippen LogP contribution is 2.32. The third-order valence-corrected chi connectivity index (χ3v) is 4.94. The molecule has 26 heavy (non-hydrogen) atoms. The summed E-state index contributed by atoms with van der Waals surface area (Å²) in [6.45, 7) is 0. The highest BCUT2D eigenvalue weighted by molar-refractivity contribution is 5.95. The average molecular weight is 341 g/mol. The van der Waals surface area contributed by atoms with Crippen molar-refractivity contribution in [2.45, 2.75) is 25.7 Å². The predicted molar refractivity (Wildman–Crippen MR) is 105 cm³/mol. The molecule has 1 aromatic carbocycles. The largest absolute Gasteiger partial charge is 0.337 e. The van der Waals surface area contributed by atoms with Crippen molar-refractivity contribution in [3.63, 3.8) is 0 Å². The number of rotatable bonds is 3. The Morgan fingerprint density at radius 3 is 2.92 bits per heavy atom. The van der Waals surface area contributed by atoms with E-state index in [2.05, 4.69) is 55.8 Å².